The van der Waals surface area contributed by atoms with Crippen LogP contribution in [0.15, 0.2) is 42.6 Å². The molecule has 0 spiro atoms. The number of ether oxygens (including phenoxy) is 1. The molecule has 0 aliphatic carbocycles. The van der Waals surface area contributed by atoms with Gasteiger partial charge in [-0.3, -0.25) is 0 Å². The van der Waals surface area contributed by atoms with Crippen LogP contribution in [0.4, 0.5) is 0 Å². The Kier molecular flexibility index (Phi) is 5.33. The van der Waals surface area contributed by atoms with Gasteiger partial charge in [0.25, 0.3) is 0 Å². The Morgan fingerprint density at radius 3 is 2.66 bits per heavy atom. The van der Waals surface area contributed by atoms with E-state index in [1.54, 1.807) is 12.1 Å². The lowest BCUT2D eigenvalue weighted by molar-refractivity contribution is 0.0697. The predicted octanol–water partition coefficient (Wildman–Crippen LogP) is 4.74. The molecule has 0 saturated carbocycles. The number of carbonyl (C=O) groups is 1. The van der Waals surface area contributed by atoms with Crippen LogP contribution in [0.25, 0.3) is 10.9 Å². The van der Waals surface area contributed by atoms with E-state index in [2.05, 4.69) is 42.9 Å². The third-order valence-electron chi connectivity index (χ3n) is 6.02. The maximum Gasteiger partial charge on any atom is 0.335 e. The van der Waals surface area contributed by atoms with Crippen LogP contribution in [0, 0.1) is 13.8 Å². The quantitative estimate of drug-likeness (QED) is 0.673. The summed E-state index contributed by atoms with van der Waals surface area (Å²) in [7, 11) is 2.14. The van der Waals surface area contributed by atoms with E-state index >= 15 is 0 Å². The van der Waals surface area contributed by atoms with Crippen molar-refractivity contribution in [2.45, 2.75) is 38.7 Å². The van der Waals surface area contributed by atoms with E-state index in [9.17, 15) is 9.90 Å². The molecule has 0 bridgehead atoms. The molecule has 2 heterocycles. The first kappa shape index (κ1) is 19.5. The minimum Gasteiger partial charge on any atom is -0.489 e. The van der Waals surface area contributed by atoms with Gasteiger partial charge in [0.2, 0.25) is 0 Å². The summed E-state index contributed by atoms with van der Waals surface area (Å²) in [6, 6.07) is 11.5. The smallest absolute Gasteiger partial charge is 0.335 e. The van der Waals surface area contributed by atoms with Crippen molar-refractivity contribution >= 4 is 16.9 Å². The summed E-state index contributed by atoms with van der Waals surface area (Å²) < 4.78 is 6.72. The van der Waals surface area contributed by atoms with Gasteiger partial charge in [-0.25, -0.2) is 4.79 Å². The number of likely N-dealkylation sites (tertiary alicyclic amines) is 1. The van der Waals surface area contributed by atoms with Crippen LogP contribution in [0.1, 0.15) is 45.8 Å². The van der Waals surface area contributed by atoms with Crippen LogP contribution in [-0.4, -0.2) is 47.2 Å². The molecule has 1 aliphatic heterocycles. The molecule has 0 unspecified atom stereocenters. The lowest BCUT2D eigenvalue weighted by Crippen LogP contribution is -2.31. The second-order valence-corrected chi connectivity index (χ2v) is 8.20. The van der Waals surface area contributed by atoms with Crippen LogP contribution >= 0.6 is 0 Å². The second kappa shape index (κ2) is 7.91. The molecule has 1 aliphatic rings. The molecular formula is C24H28N2O3. The molecule has 0 radical (unpaired) electrons. The highest BCUT2D eigenvalue weighted by Gasteiger charge is 2.30. The summed E-state index contributed by atoms with van der Waals surface area (Å²) in [4.78, 5) is 16.9. The fourth-order valence-electron chi connectivity index (χ4n) is 4.51. The Balaban J connectivity index is 1.70. The highest BCUT2D eigenvalue weighted by Crippen LogP contribution is 2.36. The number of aromatic amines is 1. The Morgan fingerprint density at radius 1 is 1.17 bits per heavy atom. The average molecular weight is 392 g/mol. The van der Waals surface area contributed by atoms with E-state index in [0.29, 0.717) is 5.56 Å². The van der Waals surface area contributed by atoms with Crippen molar-refractivity contribution in [1.29, 1.82) is 0 Å². The fourth-order valence-corrected chi connectivity index (χ4v) is 4.51. The minimum atomic E-state index is -0.896. The zero-order chi connectivity index (χ0) is 20.5. The van der Waals surface area contributed by atoms with Gasteiger partial charge in [-0.15, -0.1) is 0 Å². The van der Waals surface area contributed by atoms with Gasteiger partial charge in [0, 0.05) is 24.0 Å². The maximum absolute atomic E-state index is 11.2. The largest absolute Gasteiger partial charge is 0.489 e. The molecule has 29 heavy (non-hydrogen) atoms. The topological polar surface area (TPSA) is 65.6 Å². The number of aryl methyl sites for hydroxylation is 2. The second-order valence-electron chi connectivity index (χ2n) is 8.20. The normalized spacial score (nSPS) is 20.5. The molecule has 1 fully saturated rings. The molecule has 1 aromatic heterocycles. The van der Waals surface area contributed by atoms with E-state index in [4.69, 9.17) is 4.74 Å². The van der Waals surface area contributed by atoms with Gasteiger partial charge in [-0.1, -0.05) is 18.2 Å². The van der Waals surface area contributed by atoms with Crippen LogP contribution in [-0.2, 0) is 0 Å². The fraction of sp³-hybridized carbons (Fsp3) is 0.375. The standard InChI is InChI=1S/C24H28N2O3/c1-15-13-16(2)23(19-10-11-25-22(15)19)29-21-5-4-12-26(3)14-20(21)17-6-8-18(9-7-17)24(27)28/h6-11,13,20-21,25H,4-5,12,14H2,1-3H3,(H,27,28)/t20-,21+/m0/s1. The molecule has 3 aromatic rings. The monoisotopic (exact) mass is 392 g/mol. The summed E-state index contributed by atoms with van der Waals surface area (Å²) in [5, 5.41) is 10.3. The lowest BCUT2D eigenvalue weighted by Gasteiger charge is -2.29. The highest BCUT2D eigenvalue weighted by molar-refractivity contribution is 5.90. The summed E-state index contributed by atoms with van der Waals surface area (Å²) >= 11 is 0. The predicted molar refractivity (Wildman–Crippen MR) is 115 cm³/mol. The lowest BCUT2D eigenvalue weighted by atomic mass is 9.90. The number of hydrogen-bond acceptors (Lipinski definition) is 3. The van der Waals surface area contributed by atoms with Gasteiger partial charge in [0.1, 0.15) is 11.9 Å². The number of carboxylic acid groups (broad SMARTS) is 1. The van der Waals surface area contributed by atoms with Crippen molar-refractivity contribution in [3.8, 4) is 5.75 Å². The first-order chi connectivity index (χ1) is 13.9. The molecular weight excluding hydrogens is 364 g/mol. The molecule has 2 atom stereocenters. The maximum atomic E-state index is 11.2. The number of nitrogens with one attached hydrogen (secondary N) is 1. The van der Waals surface area contributed by atoms with Gasteiger partial charge in [0.05, 0.1) is 11.1 Å². The molecule has 5 heteroatoms. The van der Waals surface area contributed by atoms with Gasteiger partial charge in [-0.05, 0) is 75.2 Å². The number of H-pyrrole nitrogens is 1. The van der Waals surface area contributed by atoms with E-state index in [1.165, 1.54) is 5.56 Å². The Morgan fingerprint density at radius 2 is 1.93 bits per heavy atom. The highest BCUT2D eigenvalue weighted by atomic mass is 16.5. The number of aromatic carboxylic acids is 1. The first-order valence-electron chi connectivity index (χ1n) is 10.2. The SMILES string of the molecule is Cc1cc(C)c2[nH]ccc2c1O[C@@H]1CCCN(C)C[C@H]1c1ccc(C(=O)O)cc1. The van der Waals surface area contributed by atoms with E-state index in [-0.39, 0.29) is 12.0 Å². The van der Waals surface area contributed by atoms with Gasteiger partial charge >= 0.3 is 5.97 Å². The van der Waals surface area contributed by atoms with Crippen molar-refractivity contribution in [2.75, 3.05) is 20.1 Å². The summed E-state index contributed by atoms with van der Waals surface area (Å²) in [6.45, 7) is 6.14. The van der Waals surface area contributed by atoms with E-state index < -0.39 is 5.97 Å². The first-order valence-corrected chi connectivity index (χ1v) is 10.2. The summed E-state index contributed by atoms with van der Waals surface area (Å²) in [5.74, 6) is 0.237. The summed E-state index contributed by atoms with van der Waals surface area (Å²) in [6.07, 6.45) is 4.05. The Bertz CT molecular complexity index is 1020. The van der Waals surface area contributed by atoms with E-state index in [1.807, 2.05) is 18.3 Å². The van der Waals surface area contributed by atoms with Gasteiger partial charge in [-0.2, -0.15) is 0 Å². The molecule has 1 saturated heterocycles. The number of likely N-dealkylation sites (N-methyl/N-ethyl adjacent to an activating group) is 1. The van der Waals surface area contributed by atoms with Crippen molar-refractivity contribution in [1.82, 2.24) is 9.88 Å². The van der Waals surface area contributed by atoms with Gasteiger partial charge < -0.3 is 19.7 Å². The van der Waals surface area contributed by atoms with E-state index in [0.717, 1.165) is 53.7 Å². The zero-order valence-corrected chi connectivity index (χ0v) is 17.2. The third kappa shape index (κ3) is 3.87. The summed E-state index contributed by atoms with van der Waals surface area (Å²) in [5.41, 5.74) is 4.93. The molecule has 0 amide bonds. The number of rotatable bonds is 4. The zero-order valence-electron chi connectivity index (χ0n) is 17.2. The third-order valence-corrected chi connectivity index (χ3v) is 6.02. The number of benzene rings is 2. The van der Waals surface area contributed by atoms with Crippen molar-refractivity contribution in [3.05, 3.63) is 64.8 Å². The Labute approximate surface area is 171 Å². The van der Waals surface area contributed by atoms with Crippen molar-refractivity contribution < 1.29 is 14.6 Å². The van der Waals surface area contributed by atoms with Crippen LogP contribution in [0.3, 0.4) is 0 Å². The molecule has 152 valence electrons. The number of carboxylic acids is 1. The number of aromatic nitrogens is 1. The molecule has 5 nitrogen and oxygen atoms in total. The minimum absolute atomic E-state index is 0.0372. The Hall–Kier alpha value is -2.79. The van der Waals surface area contributed by atoms with Crippen molar-refractivity contribution in [2.24, 2.45) is 0 Å². The average Bonchev–Trinajstić information content (AvgIpc) is 3.11. The number of nitrogens with zero attached hydrogens (tertiary/aromatic N) is 1. The molecule has 4 rings (SSSR count). The number of fused-ring (bicyclic) bond motifs is 1. The van der Waals surface area contributed by atoms with Crippen LogP contribution < -0.4 is 4.74 Å². The van der Waals surface area contributed by atoms with Crippen LogP contribution in [0.2, 0.25) is 0 Å². The molecule has 2 aromatic carbocycles. The van der Waals surface area contributed by atoms with Gasteiger partial charge in [0.15, 0.2) is 0 Å². The number of hydrogen-bond donors (Lipinski definition) is 2. The van der Waals surface area contributed by atoms with Crippen molar-refractivity contribution in [3.63, 3.8) is 0 Å². The van der Waals surface area contributed by atoms with Crippen LogP contribution in [0.5, 0.6) is 5.75 Å². The molecule has 2 N–H and O–H groups in total.